The molecule has 4 rings (SSSR count). The lowest BCUT2D eigenvalue weighted by molar-refractivity contribution is -0.136. The van der Waals surface area contributed by atoms with E-state index in [1.807, 2.05) is 24.8 Å². The minimum atomic E-state index is -0.262. The third-order valence-electron chi connectivity index (χ3n) is 6.95. The van der Waals surface area contributed by atoms with Gasteiger partial charge in [0.05, 0.1) is 17.7 Å². The highest BCUT2D eigenvalue weighted by molar-refractivity contribution is 6.05. The number of nitrogens with zero attached hydrogens (tertiary/aromatic N) is 2. The molecule has 2 aromatic carbocycles. The van der Waals surface area contributed by atoms with E-state index < -0.39 is 0 Å². The molecule has 0 bridgehead atoms. The molecule has 1 fully saturated rings. The van der Waals surface area contributed by atoms with Crippen LogP contribution in [0, 0.1) is 11.8 Å². The Balaban J connectivity index is 1.63. The molecule has 0 aromatic heterocycles. The number of methoxy groups -OCH3 is 1. The van der Waals surface area contributed by atoms with Gasteiger partial charge in [-0.1, -0.05) is 25.1 Å². The Morgan fingerprint density at radius 3 is 2.44 bits per heavy atom. The van der Waals surface area contributed by atoms with Gasteiger partial charge in [-0.2, -0.15) is 0 Å². The van der Waals surface area contributed by atoms with Crippen LogP contribution in [-0.4, -0.2) is 73.5 Å². The van der Waals surface area contributed by atoms with Crippen molar-refractivity contribution in [2.75, 3.05) is 39.2 Å². The van der Waals surface area contributed by atoms with E-state index in [4.69, 9.17) is 9.47 Å². The number of benzene rings is 2. The third-order valence-corrected chi connectivity index (χ3v) is 6.95. The summed E-state index contributed by atoms with van der Waals surface area (Å²) < 4.78 is 11.9. The summed E-state index contributed by atoms with van der Waals surface area (Å²) in [5, 5.41) is 2.86. The van der Waals surface area contributed by atoms with E-state index in [-0.39, 0.29) is 48.3 Å². The minimum absolute atomic E-state index is 0.0193. The van der Waals surface area contributed by atoms with Gasteiger partial charge in [-0.05, 0) is 50.1 Å². The van der Waals surface area contributed by atoms with E-state index >= 15 is 0 Å². The largest absolute Gasteiger partial charge is 0.491 e. The molecule has 1 N–H and O–H groups in total. The number of likely N-dealkylation sites (N-methyl/N-ethyl adjacent to an activating group) is 1. The number of ether oxygens (including phenoxy) is 2. The average molecular weight is 494 g/mol. The second kappa shape index (κ2) is 11.1. The highest BCUT2D eigenvalue weighted by Crippen LogP contribution is 2.33. The molecule has 1 aliphatic heterocycles. The summed E-state index contributed by atoms with van der Waals surface area (Å²) >= 11 is 0. The lowest BCUT2D eigenvalue weighted by Crippen LogP contribution is -2.49. The van der Waals surface area contributed by atoms with E-state index in [0.29, 0.717) is 35.7 Å². The molecular formula is C28H35N3O5. The van der Waals surface area contributed by atoms with Gasteiger partial charge in [0.15, 0.2) is 0 Å². The smallest absolute Gasteiger partial charge is 0.257 e. The van der Waals surface area contributed by atoms with Gasteiger partial charge in [0.2, 0.25) is 5.91 Å². The SMILES string of the molecule is CO[C@H]1CN(C)C(=O)c2cc(NC(=O)c3ccccc3)ccc2OC[C@@H](C)N(C(=O)C2CC2)C[C@@H]1C. The average Bonchev–Trinajstić information content (AvgIpc) is 3.74. The zero-order chi connectivity index (χ0) is 25.8. The molecule has 192 valence electrons. The van der Waals surface area contributed by atoms with E-state index in [2.05, 4.69) is 5.32 Å². The van der Waals surface area contributed by atoms with Crippen molar-refractivity contribution in [2.45, 2.75) is 38.8 Å². The van der Waals surface area contributed by atoms with Gasteiger partial charge in [0, 0.05) is 50.3 Å². The Morgan fingerprint density at radius 1 is 1.06 bits per heavy atom. The van der Waals surface area contributed by atoms with E-state index in [1.54, 1.807) is 61.5 Å². The monoisotopic (exact) mass is 493 g/mol. The van der Waals surface area contributed by atoms with Crippen LogP contribution < -0.4 is 10.1 Å². The summed E-state index contributed by atoms with van der Waals surface area (Å²) in [5.41, 5.74) is 1.37. The molecule has 0 saturated heterocycles. The van der Waals surface area contributed by atoms with E-state index in [1.165, 1.54) is 0 Å². The molecule has 0 spiro atoms. The zero-order valence-corrected chi connectivity index (χ0v) is 21.4. The molecular weight excluding hydrogens is 458 g/mol. The van der Waals surface area contributed by atoms with Crippen LogP contribution in [0.1, 0.15) is 47.4 Å². The van der Waals surface area contributed by atoms with Crippen molar-refractivity contribution in [1.29, 1.82) is 0 Å². The van der Waals surface area contributed by atoms with Crippen molar-refractivity contribution in [3.05, 3.63) is 59.7 Å². The van der Waals surface area contributed by atoms with Gasteiger partial charge in [-0.15, -0.1) is 0 Å². The molecule has 0 unspecified atom stereocenters. The molecule has 8 nitrogen and oxygen atoms in total. The van der Waals surface area contributed by atoms with Gasteiger partial charge in [0.25, 0.3) is 11.8 Å². The molecule has 1 aliphatic carbocycles. The van der Waals surface area contributed by atoms with Crippen molar-refractivity contribution in [3.8, 4) is 5.75 Å². The number of nitrogens with one attached hydrogen (secondary N) is 1. The third kappa shape index (κ3) is 5.87. The number of fused-ring (bicyclic) bond motifs is 1. The molecule has 36 heavy (non-hydrogen) atoms. The van der Waals surface area contributed by atoms with Crippen LogP contribution in [0.5, 0.6) is 5.75 Å². The molecule has 2 aromatic rings. The zero-order valence-electron chi connectivity index (χ0n) is 21.4. The second-order valence-electron chi connectivity index (χ2n) is 9.89. The number of carbonyl (C=O) groups is 3. The summed E-state index contributed by atoms with van der Waals surface area (Å²) in [7, 11) is 3.36. The second-order valence-corrected chi connectivity index (χ2v) is 9.89. The summed E-state index contributed by atoms with van der Waals surface area (Å²) in [6.45, 7) is 5.17. The molecule has 1 saturated carbocycles. The normalized spacial score (nSPS) is 23.1. The van der Waals surface area contributed by atoms with Crippen molar-refractivity contribution in [3.63, 3.8) is 0 Å². The van der Waals surface area contributed by atoms with Crippen LogP contribution in [0.3, 0.4) is 0 Å². The number of hydrogen-bond acceptors (Lipinski definition) is 5. The molecule has 3 atom stereocenters. The fraction of sp³-hybridized carbons (Fsp3) is 0.464. The Bertz CT molecular complexity index is 1100. The van der Waals surface area contributed by atoms with Crippen LogP contribution in [-0.2, 0) is 9.53 Å². The van der Waals surface area contributed by atoms with Crippen molar-refractivity contribution < 1.29 is 23.9 Å². The predicted octanol–water partition coefficient (Wildman–Crippen LogP) is 3.68. The van der Waals surface area contributed by atoms with Crippen molar-refractivity contribution >= 4 is 23.4 Å². The van der Waals surface area contributed by atoms with Crippen LogP contribution in [0.25, 0.3) is 0 Å². The first-order valence-corrected chi connectivity index (χ1v) is 12.5. The summed E-state index contributed by atoms with van der Waals surface area (Å²) in [6, 6.07) is 13.8. The van der Waals surface area contributed by atoms with E-state index in [0.717, 1.165) is 12.8 Å². The Hall–Kier alpha value is -3.39. The number of amides is 3. The first-order chi connectivity index (χ1) is 17.3. The highest BCUT2D eigenvalue weighted by Gasteiger charge is 2.37. The quantitative estimate of drug-likeness (QED) is 0.702. The standard InChI is InChI=1S/C28H35N3O5/c1-18-15-31(27(33)21-10-11-21)19(2)17-36-24-13-12-22(29-26(32)20-8-6-5-7-9-20)14-23(24)28(34)30(3)16-25(18)35-4/h5-9,12-14,18-19,21,25H,10-11,15-17H2,1-4H3,(H,29,32)/t18-,19+,25-/m0/s1. The fourth-order valence-electron chi connectivity index (χ4n) is 4.52. The molecule has 8 heteroatoms. The molecule has 0 radical (unpaired) electrons. The van der Waals surface area contributed by atoms with Gasteiger partial charge in [0.1, 0.15) is 12.4 Å². The number of anilines is 1. The van der Waals surface area contributed by atoms with Gasteiger partial charge in [-0.3, -0.25) is 14.4 Å². The maximum atomic E-state index is 13.5. The van der Waals surface area contributed by atoms with Crippen LogP contribution in [0.2, 0.25) is 0 Å². The maximum absolute atomic E-state index is 13.5. The molecule has 1 heterocycles. The first kappa shape index (κ1) is 25.7. The predicted molar refractivity (Wildman–Crippen MR) is 137 cm³/mol. The number of hydrogen-bond donors (Lipinski definition) is 1. The van der Waals surface area contributed by atoms with Crippen LogP contribution in [0.4, 0.5) is 5.69 Å². The summed E-state index contributed by atoms with van der Waals surface area (Å²) in [5.74, 6) is 0.203. The van der Waals surface area contributed by atoms with Crippen LogP contribution >= 0.6 is 0 Å². The Kier molecular flexibility index (Phi) is 7.94. The molecule has 2 aliphatic rings. The topological polar surface area (TPSA) is 88.2 Å². The number of carbonyl (C=O) groups excluding carboxylic acids is 3. The van der Waals surface area contributed by atoms with Gasteiger partial charge < -0.3 is 24.6 Å². The fourth-order valence-corrected chi connectivity index (χ4v) is 4.52. The van der Waals surface area contributed by atoms with Gasteiger partial charge in [-0.25, -0.2) is 0 Å². The maximum Gasteiger partial charge on any atom is 0.257 e. The highest BCUT2D eigenvalue weighted by atomic mass is 16.5. The Morgan fingerprint density at radius 2 is 1.78 bits per heavy atom. The van der Waals surface area contributed by atoms with Gasteiger partial charge >= 0.3 is 0 Å². The summed E-state index contributed by atoms with van der Waals surface area (Å²) in [4.78, 5) is 42.8. The van der Waals surface area contributed by atoms with Crippen LogP contribution in [0.15, 0.2) is 48.5 Å². The van der Waals surface area contributed by atoms with Crippen molar-refractivity contribution in [2.24, 2.45) is 11.8 Å². The Labute approximate surface area is 212 Å². The first-order valence-electron chi connectivity index (χ1n) is 12.5. The summed E-state index contributed by atoms with van der Waals surface area (Å²) in [6.07, 6.45) is 1.62. The lowest BCUT2D eigenvalue weighted by Gasteiger charge is -2.36. The lowest BCUT2D eigenvalue weighted by atomic mass is 10.0. The number of rotatable bonds is 4. The minimum Gasteiger partial charge on any atom is -0.491 e. The molecule has 3 amide bonds. The van der Waals surface area contributed by atoms with E-state index in [9.17, 15) is 14.4 Å². The van der Waals surface area contributed by atoms with Crippen molar-refractivity contribution in [1.82, 2.24) is 9.80 Å².